The smallest absolute Gasteiger partial charge is 0.151 e. The van der Waals surface area contributed by atoms with Crippen molar-refractivity contribution in [1.82, 2.24) is 5.32 Å². The maximum absolute atomic E-state index is 11.5. The van der Waals surface area contributed by atoms with Crippen LogP contribution < -0.4 is 10.1 Å². The minimum Gasteiger partial charge on any atom is -0.497 e. The average Bonchev–Trinajstić information content (AvgIpc) is 2.39. The van der Waals surface area contributed by atoms with Crippen LogP contribution in [0.3, 0.4) is 0 Å². The van der Waals surface area contributed by atoms with Crippen LogP contribution >= 0.6 is 0 Å². The molecule has 0 aliphatic rings. The van der Waals surface area contributed by atoms with Gasteiger partial charge in [0.25, 0.3) is 0 Å². The van der Waals surface area contributed by atoms with Crippen molar-refractivity contribution < 1.29 is 13.2 Å². The zero-order valence-electron chi connectivity index (χ0n) is 11.7. The molecule has 1 rings (SSSR count). The van der Waals surface area contributed by atoms with E-state index < -0.39 is 9.84 Å². The van der Waals surface area contributed by atoms with E-state index in [0.29, 0.717) is 13.0 Å². The Morgan fingerprint density at radius 3 is 2.37 bits per heavy atom. The predicted molar refractivity (Wildman–Crippen MR) is 78.5 cm³/mol. The monoisotopic (exact) mass is 285 g/mol. The van der Waals surface area contributed by atoms with Crippen molar-refractivity contribution in [2.24, 2.45) is 0 Å². The molecule has 0 fully saturated rings. The summed E-state index contributed by atoms with van der Waals surface area (Å²) in [6.07, 6.45) is 1.58. The highest BCUT2D eigenvalue weighted by molar-refractivity contribution is 7.91. The van der Waals surface area contributed by atoms with Gasteiger partial charge in [0, 0.05) is 12.3 Å². The Labute approximate surface area is 116 Å². The van der Waals surface area contributed by atoms with Crippen LogP contribution in [0.4, 0.5) is 0 Å². The molecule has 4 nitrogen and oxygen atoms in total. The number of hydrogen-bond acceptors (Lipinski definition) is 4. The summed E-state index contributed by atoms with van der Waals surface area (Å²) in [4.78, 5) is 0. The number of nitrogens with one attached hydrogen (secondary N) is 1. The molecule has 0 radical (unpaired) electrons. The fourth-order valence-electron chi connectivity index (χ4n) is 1.79. The largest absolute Gasteiger partial charge is 0.497 e. The van der Waals surface area contributed by atoms with Crippen molar-refractivity contribution in [1.29, 1.82) is 0 Å². The highest BCUT2D eigenvalue weighted by Gasteiger charge is 2.07. The second kappa shape index (κ2) is 8.17. The number of ether oxygens (including phenoxy) is 1. The van der Waals surface area contributed by atoms with Gasteiger partial charge in [-0.15, -0.1) is 0 Å². The maximum atomic E-state index is 11.5. The van der Waals surface area contributed by atoms with Crippen LogP contribution in [-0.2, 0) is 16.3 Å². The Kier molecular flexibility index (Phi) is 6.87. The third-order valence-corrected chi connectivity index (χ3v) is 4.71. The second-order valence-electron chi connectivity index (χ2n) is 4.50. The molecule has 0 unspecified atom stereocenters. The van der Waals surface area contributed by atoms with E-state index in [1.165, 1.54) is 5.56 Å². The normalized spacial score (nSPS) is 11.5. The minimum atomic E-state index is -2.86. The molecule has 1 N–H and O–H groups in total. The molecule has 1 aromatic rings. The molecule has 0 amide bonds. The molecule has 0 atom stereocenters. The number of methoxy groups -OCH3 is 1. The molecule has 0 spiro atoms. The van der Waals surface area contributed by atoms with Crippen molar-refractivity contribution in [3.8, 4) is 5.75 Å². The van der Waals surface area contributed by atoms with Gasteiger partial charge in [-0.2, -0.15) is 0 Å². The Hall–Kier alpha value is -1.07. The lowest BCUT2D eigenvalue weighted by molar-refractivity contribution is 0.414. The Balaban J connectivity index is 2.20. The quantitative estimate of drug-likeness (QED) is 0.701. The lowest BCUT2D eigenvalue weighted by Crippen LogP contribution is -2.26. The van der Waals surface area contributed by atoms with Crippen molar-refractivity contribution in [2.75, 3.05) is 31.7 Å². The minimum absolute atomic E-state index is 0.226. The number of sulfone groups is 1. The molecule has 108 valence electrons. The Morgan fingerprint density at radius 1 is 1.11 bits per heavy atom. The van der Waals surface area contributed by atoms with E-state index in [2.05, 4.69) is 5.32 Å². The molecule has 0 aliphatic carbocycles. The van der Waals surface area contributed by atoms with Gasteiger partial charge in [0.2, 0.25) is 0 Å². The van der Waals surface area contributed by atoms with Crippen LogP contribution in [0.25, 0.3) is 0 Å². The predicted octanol–water partition coefficient (Wildman–Crippen LogP) is 1.65. The van der Waals surface area contributed by atoms with Crippen molar-refractivity contribution in [3.63, 3.8) is 0 Å². The summed E-state index contributed by atoms with van der Waals surface area (Å²) >= 11 is 0. The lowest BCUT2D eigenvalue weighted by Gasteiger charge is -2.06. The summed E-state index contributed by atoms with van der Waals surface area (Å²) in [5.41, 5.74) is 1.21. The molecule has 0 aliphatic heterocycles. The zero-order valence-corrected chi connectivity index (χ0v) is 12.5. The maximum Gasteiger partial charge on any atom is 0.151 e. The molecule has 5 heteroatoms. The molecule has 19 heavy (non-hydrogen) atoms. The molecular weight excluding hydrogens is 262 g/mol. The summed E-state index contributed by atoms with van der Waals surface area (Å²) in [5.74, 6) is 1.36. The van der Waals surface area contributed by atoms with E-state index in [0.717, 1.165) is 18.7 Å². The van der Waals surface area contributed by atoms with Crippen LogP contribution in [0.15, 0.2) is 24.3 Å². The summed E-state index contributed by atoms with van der Waals surface area (Å²) in [7, 11) is -1.22. The van der Waals surface area contributed by atoms with Crippen LogP contribution in [0.5, 0.6) is 5.75 Å². The van der Waals surface area contributed by atoms with Gasteiger partial charge in [0.15, 0.2) is 9.84 Å². The third kappa shape index (κ3) is 6.59. The first-order chi connectivity index (χ1) is 9.07. The molecule has 0 saturated heterocycles. The van der Waals surface area contributed by atoms with Gasteiger partial charge >= 0.3 is 0 Å². The van der Waals surface area contributed by atoms with Crippen LogP contribution in [-0.4, -0.2) is 40.1 Å². The third-order valence-electron chi connectivity index (χ3n) is 2.85. The first-order valence-corrected chi connectivity index (χ1v) is 8.43. The second-order valence-corrected chi connectivity index (χ2v) is 6.80. The van der Waals surface area contributed by atoms with Gasteiger partial charge in [-0.1, -0.05) is 19.1 Å². The van der Waals surface area contributed by atoms with Gasteiger partial charge in [-0.25, -0.2) is 8.42 Å². The zero-order chi connectivity index (χ0) is 14.1. The van der Waals surface area contributed by atoms with Gasteiger partial charge in [-0.3, -0.25) is 0 Å². The fraction of sp³-hybridized carbons (Fsp3) is 0.571. The van der Waals surface area contributed by atoms with Crippen LogP contribution in [0, 0.1) is 0 Å². The SMILES string of the molecule is CCCS(=O)(=O)CCNCCc1ccc(OC)cc1. The van der Waals surface area contributed by atoms with Crippen molar-refractivity contribution in [3.05, 3.63) is 29.8 Å². The first-order valence-electron chi connectivity index (χ1n) is 6.61. The van der Waals surface area contributed by atoms with E-state index >= 15 is 0 Å². The highest BCUT2D eigenvalue weighted by Crippen LogP contribution is 2.11. The molecule has 1 aromatic carbocycles. The molecular formula is C14H23NO3S. The van der Waals surface area contributed by atoms with E-state index in [9.17, 15) is 8.42 Å². The molecule has 0 bridgehead atoms. The van der Waals surface area contributed by atoms with Gasteiger partial charge in [-0.05, 0) is 37.1 Å². The first kappa shape index (κ1) is 16.0. The van der Waals surface area contributed by atoms with E-state index in [-0.39, 0.29) is 11.5 Å². The van der Waals surface area contributed by atoms with E-state index in [1.54, 1.807) is 7.11 Å². The van der Waals surface area contributed by atoms with Crippen molar-refractivity contribution >= 4 is 9.84 Å². The summed E-state index contributed by atoms with van der Waals surface area (Å²) < 4.78 is 28.1. The summed E-state index contributed by atoms with van der Waals surface area (Å²) in [6.45, 7) is 3.20. The van der Waals surface area contributed by atoms with Gasteiger partial charge < -0.3 is 10.1 Å². The van der Waals surface area contributed by atoms with Crippen LogP contribution in [0.2, 0.25) is 0 Å². The van der Waals surface area contributed by atoms with Crippen LogP contribution in [0.1, 0.15) is 18.9 Å². The van der Waals surface area contributed by atoms with Crippen molar-refractivity contribution in [2.45, 2.75) is 19.8 Å². The standard InChI is InChI=1S/C14H23NO3S/c1-3-11-19(16,17)12-10-15-9-8-13-4-6-14(18-2)7-5-13/h4-7,15H,3,8-12H2,1-2H3. The number of rotatable bonds is 9. The topological polar surface area (TPSA) is 55.4 Å². The van der Waals surface area contributed by atoms with Gasteiger partial charge in [0.05, 0.1) is 12.9 Å². The van der Waals surface area contributed by atoms with Gasteiger partial charge in [0.1, 0.15) is 5.75 Å². The highest BCUT2D eigenvalue weighted by atomic mass is 32.2. The fourth-order valence-corrected chi connectivity index (χ4v) is 3.07. The summed E-state index contributed by atoms with van der Waals surface area (Å²) in [6, 6.07) is 7.91. The Morgan fingerprint density at radius 2 is 1.79 bits per heavy atom. The van der Waals surface area contributed by atoms with E-state index in [4.69, 9.17) is 4.74 Å². The number of hydrogen-bond donors (Lipinski definition) is 1. The molecule has 0 aromatic heterocycles. The molecule has 0 heterocycles. The summed E-state index contributed by atoms with van der Waals surface area (Å²) in [5, 5.41) is 3.17. The van der Waals surface area contributed by atoms with E-state index in [1.807, 2.05) is 31.2 Å². The number of benzene rings is 1. The Bertz CT molecular complexity index is 454. The molecule has 0 saturated carbocycles. The lowest BCUT2D eigenvalue weighted by atomic mass is 10.1. The average molecular weight is 285 g/mol.